The maximum Gasteiger partial charge on any atom is 0.152 e. The number of nitrogens with zero attached hydrogens (tertiary/aromatic N) is 2. The van der Waals surface area contributed by atoms with E-state index in [0.29, 0.717) is 12.1 Å². The lowest BCUT2D eigenvalue weighted by atomic mass is 10.0. The number of hydrogen-bond donors (Lipinski definition) is 1. The van der Waals surface area contributed by atoms with Crippen LogP contribution in [-0.4, -0.2) is 29.7 Å². The van der Waals surface area contributed by atoms with Gasteiger partial charge in [-0.25, -0.2) is 8.42 Å². The van der Waals surface area contributed by atoms with Gasteiger partial charge in [-0.15, -0.1) is 0 Å². The summed E-state index contributed by atoms with van der Waals surface area (Å²) in [5.74, 6) is 0.636. The monoisotopic (exact) mass is 257 g/mol. The number of anilines is 1. The van der Waals surface area contributed by atoms with Gasteiger partial charge in [0.1, 0.15) is 0 Å². The summed E-state index contributed by atoms with van der Waals surface area (Å²) in [6.07, 6.45) is 2.37. The molecule has 0 radical (unpaired) electrons. The van der Waals surface area contributed by atoms with Crippen molar-refractivity contribution in [1.29, 1.82) is 0 Å². The van der Waals surface area contributed by atoms with Crippen LogP contribution in [0.15, 0.2) is 6.20 Å². The van der Waals surface area contributed by atoms with Gasteiger partial charge >= 0.3 is 0 Å². The minimum absolute atomic E-state index is 0.151. The van der Waals surface area contributed by atoms with E-state index in [1.807, 2.05) is 20.8 Å². The Bertz CT molecular complexity index is 533. The summed E-state index contributed by atoms with van der Waals surface area (Å²) in [4.78, 5) is 0. The molecule has 96 valence electrons. The molecule has 1 atom stereocenters. The van der Waals surface area contributed by atoms with Crippen molar-refractivity contribution >= 4 is 15.5 Å². The van der Waals surface area contributed by atoms with E-state index >= 15 is 0 Å². The first kappa shape index (κ1) is 12.4. The molecule has 0 saturated carbocycles. The molecule has 0 bridgehead atoms. The zero-order chi connectivity index (χ0) is 12.8. The smallest absolute Gasteiger partial charge is 0.152 e. The van der Waals surface area contributed by atoms with Crippen LogP contribution in [0.1, 0.15) is 38.8 Å². The molecule has 1 aliphatic heterocycles. The highest BCUT2D eigenvalue weighted by atomic mass is 32.2. The molecule has 17 heavy (non-hydrogen) atoms. The van der Waals surface area contributed by atoms with Gasteiger partial charge in [-0.3, -0.25) is 4.68 Å². The quantitative estimate of drug-likeness (QED) is 0.861. The maximum atomic E-state index is 11.6. The van der Waals surface area contributed by atoms with Crippen LogP contribution in [0.25, 0.3) is 0 Å². The third-order valence-corrected chi connectivity index (χ3v) is 5.24. The number of rotatable bonds is 2. The van der Waals surface area contributed by atoms with Crippen LogP contribution in [0.4, 0.5) is 5.69 Å². The van der Waals surface area contributed by atoms with Crippen LogP contribution in [0.2, 0.25) is 0 Å². The van der Waals surface area contributed by atoms with Crippen molar-refractivity contribution in [1.82, 2.24) is 9.78 Å². The van der Waals surface area contributed by atoms with Crippen LogP contribution in [0.3, 0.4) is 0 Å². The van der Waals surface area contributed by atoms with Crippen molar-refractivity contribution in [3.05, 3.63) is 11.9 Å². The average Bonchev–Trinajstić information content (AvgIpc) is 2.69. The van der Waals surface area contributed by atoms with Gasteiger partial charge in [0.15, 0.2) is 9.84 Å². The van der Waals surface area contributed by atoms with E-state index in [9.17, 15) is 8.42 Å². The first-order valence-corrected chi connectivity index (χ1v) is 7.62. The summed E-state index contributed by atoms with van der Waals surface area (Å²) in [6.45, 7) is 5.97. The van der Waals surface area contributed by atoms with Crippen LogP contribution < -0.4 is 5.73 Å². The second-order valence-electron chi connectivity index (χ2n) is 5.41. The molecule has 5 nitrogen and oxygen atoms in total. The predicted molar refractivity (Wildman–Crippen MR) is 67.6 cm³/mol. The lowest BCUT2D eigenvalue weighted by molar-refractivity contribution is 0.326. The molecule has 0 aliphatic carbocycles. The zero-order valence-electron chi connectivity index (χ0n) is 10.5. The van der Waals surface area contributed by atoms with Crippen LogP contribution in [0, 0.1) is 0 Å². The number of nitrogens with two attached hydrogens (primary N) is 1. The third-order valence-electron chi connectivity index (χ3n) is 3.36. The molecule has 1 aliphatic rings. The fraction of sp³-hybridized carbons (Fsp3) is 0.727. The van der Waals surface area contributed by atoms with E-state index in [1.54, 1.807) is 10.9 Å². The average molecular weight is 257 g/mol. The molecule has 2 N–H and O–H groups in total. The molecule has 1 aromatic heterocycles. The van der Waals surface area contributed by atoms with Crippen LogP contribution in [0.5, 0.6) is 0 Å². The molecule has 0 amide bonds. The number of aromatic nitrogens is 2. The molecule has 2 rings (SSSR count). The molecule has 2 heterocycles. The normalized spacial score (nSPS) is 27.8. The number of nitrogen functional groups attached to an aromatic ring is 1. The summed E-state index contributed by atoms with van der Waals surface area (Å²) >= 11 is 0. The van der Waals surface area contributed by atoms with Gasteiger partial charge < -0.3 is 5.73 Å². The molecule has 1 aromatic rings. The molecular weight excluding hydrogens is 238 g/mol. The van der Waals surface area contributed by atoms with Crippen LogP contribution in [-0.2, 0) is 15.4 Å². The van der Waals surface area contributed by atoms with E-state index in [1.165, 1.54) is 0 Å². The Kier molecular flexibility index (Phi) is 2.72. The molecule has 0 aromatic carbocycles. The largest absolute Gasteiger partial charge is 0.396 e. The minimum atomic E-state index is -2.93. The van der Waals surface area contributed by atoms with Crippen molar-refractivity contribution in [3.63, 3.8) is 0 Å². The molecule has 0 spiro atoms. The molecular formula is C11H19N3O2S. The Labute approximate surface area is 102 Å². The fourth-order valence-electron chi connectivity index (χ4n) is 2.30. The molecule has 1 unspecified atom stereocenters. The van der Waals surface area contributed by atoms with E-state index < -0.39 is 15.4 Å². The van der Waals surface area contributed by atoms with Gasteiger partial charge in [0, 0.05) is 6.20 Å². The van der Waals surface area contributed by atoms with Gasteiger partial charge in [0.2, 0.25) is 0 Å². The minimum Gasteiger partial charge on any atom is -0.396 e. The summed E-state index contributed by atoms with van der Waals surface area (Å²) in [5, 5.41) is 4.46. The third kappa shape index (κ3) is 2.18. The maximum absolute atomic E-state index is 11.6. The first-order chi connectivity index (χ1) is 7.73. The summed E-state index contributed by atoms with van der Waals surface area (Å²) in [7, 11) is -2.93. The highest BCUT2D eigenvalue weighted by Crippen LogP contribution is 2.32. The lowest BCUT2D eigenvalue weighted by Crippen LogP contribution is -2.32. The van der Waals surface area contributed by atoms with Crippen LogP contribution >= 0.6 is 0 Å². The van der Waals surface area contributed by atoms with E-state index in [4.69, 9.17) is 5.73 Å². The Morgan fingerprint density at radius 3 is 2.59 bits per heavy atom. The molecule has 1 fully saturated rings. The summed E-state index contributed by atoms with van der Waals surface area (Å²) in [5.41, 5.74) is 6.95. The van der Waals surface area contributed by atoms with Crippen molar-refractivity contribution in [2.75, 3.05) is 17.2 Å². The first-order valence-electron chi connectivity index (χ1n) is 5.79. The molecule has 6 heteroatoms. The van der Waals surface area contributed by atoms with Crippen molar-refractivity contribution < 1.29 is 8.42 Å². The zero-order valence-corrected chi connectivity index (χ0v) is 11.3. The van der Waals surface area contributed by atoms with Crippen molar-refractivity contribution in [3.8, 4) is 0 Å². The predicted octanol–water partition coefficient (Wildman–Crippen LogP) is 1.12. The van der Waals surface area contributed by atoms with Gasteiger partial charge in [-0.05, 0) is 19.3 Å². The highest BCUT2D eigenvalue weighted by Gasteiger charge is 2.40. The van der Waals surface area contributed by atoms with Crippen molar-refractivity contribution in [2.24, 2.45) is 0 Å². The Morgan fingerprint density at radius 2 is 2.18 bits per heavy atom. The Hall–Kier alpha value is -1.04. The van der Waals surface area contributed by atoms with E-state index in [-0.39, 0.29) is 17.4 Å². The van der Waals surface area contributed by atoms with E-state index in [2.05, 4.69) is 5.10 Å². The van der Waals surface area contributed by atoms with Gasteiger partial charge in [-0.1, -0.05) is 13.8 Å². The van der Waals surface area contributed by atoms with Crippen molar-refractivity contribution in [2.45, 2.75) is 38.6 Å². The SMILES string of the molecule is CC(C)c1nn(C2(C)CCS(=O)(=O)C2)cc1N. The summed E-state index contributed by atoms with van der Waals surface area (Å²) < 4.78 is 24.9. The van der Waals surface area contributed by atoms with Gasteiger partial charge in [0.25, 0.3) is 0 Å². The lowest BCUT2D eigenvalue weighted by Gasteiger charge is -2.22. The second-order valence-corrected chi connectivity index (χ2v) is 7.59. The van der Waals surface area contributed by atoms with E-state index in [0.717, 1.165) is 5.69 Å². The fourth-order valence-corrected chi connectivity index (χ4v) is 4.42. The van der Waals surface area contributed by atoms with Gasteiger partial charge in [-0.2, -0.15) is 5.10 Å². The van der Waals surface area contributed by atoms with Gasteiger partial charge in [0.05, 0.1) is 28.4 Å². The highest BCUT2D eigenvalue weighted by molar-refractivity contribution is 7.91. The topological polar surface area (TPSA) is 78.0 Å². The Balaban J connectivity index is 2.39. The second kappa shape index (κ2) is 3.73. The number of hydrogen-bond acceptors (Lipinski definition) is 4. The number of sulfone groups is 1. The summed E-state index contributed by atoms with van der Waals surface area (Å²) in [6, 6.07) is 0. The standard InChI is InChI=1S/C11H19N3O2S/c1-8(2)10-9(12)6-14(13-10)11(3)4-5-17(15,16)7-11/h6,8H,4-5,7,12H2,1-3H3. The molecule has 1 saturated heterocycles. The Morgan fingerprint density at radius 1 is 1.53 bits per heavy atom.